The first-order chi connectivity index (χ1) is 9.36. The molecule has 0 unspecified atom stereocenters. The van der Waals surface area contributed by atoms with Gasteiger partial charge in [-0.05, 0) is 12.8 Å². The number of methoxy groups -OCH3 is 1. The highest BCUT2D eigenvalue weighted by atomic mass is 32.2. The van der Waals surface area contributed by atoms with Gasteiger partial charge in [-0.3, -0.25) is 9.59 Å². The van der Waals surface area contributed by atoms with Crippen molar-refractivity contribution >= 4 is 21.9 Å². The van der Waals surface area contributed by atoms with Gasteiger partial charge in [0.2, 0.25) is 15.9 Å². The van der Waals surface area contributed by atoms with Crippen molar-refractivity contribution in [3.05, 3.63) is 0 Å². The number of ether oxygens (including phenoxy) is 1. The van der Waals surface area contributed by atoms with Crippen LogP contribution in [0.15, 0.2) is 0 Å². The molecule has 1 amide bonds. The molecule has 0 aromatic rings. The smallest absolute Gasteiger partial charge is 0.305 e. The third-order valence-corrected chi connectivity index (χ3v) is 5.26. The van der Waals surface area contributed by atoms with Gasteiger partial charge in [0.15, 0.2) is 0 Å². The maximum Gasteiger partial charge on any atom is 0.305 e. The minimum Gasteiger partial charge on any atom is -0.469 e. The Balaban J connectivity index is 2.51. The van der Waals surface area contributed by atoms with Crippen molar-refractivity contribution in [2.75, 3.05) is 39.0 Å². The molecule has 0 aromatic carbocycles. The Morgan fingerprint density at radius 2 is 1.85 bits per heavy atom. The molecule has 1 aliphatic rings. The van der Waals surface area contributed by atoms with Gasteiger partial charge in [-0.2, -0.15) is 0 Å². The van der Waals surface area contributed by atoms with Gasteiger partial charge >= 0.3 is 5.97 Å². The summed E-state index contributed by atoms with van der Waals surface area (Å²) >= 11 is 0. The summed E-state index contributed by atoms with van der Waals surface area (Å²) in [5, 5.41) is 0. The van der Waals surface area contributed by atoms with E-state index in [0.717, 1.165) is 0 Å². The number of sulfonamides is 1. The Hall–Kier alpha value is -1.15. The quantitative estimate of drug-likeness (QED) is 0.658. The van der Waals surface area contributed by atoms with E-state index in [-0.39, 0.29) is 24.5 Å². The first-order valence-electron chi connectivity index (χ1n) is 6.67. The topological polar surface area (TPSA) is 84.0 Å². The number of carbonyl (C=O) groups excluding carboxylic acids is 2. The highest BCUT2D eigenvalue weighted by Crippen LogP contribution is 2.10. The molecule has 20 heavy (non-hydrogen) atoms. The largest absolute Gasteiger partial charge is 0.469 e. The number of nitrogens with zero attached hydrogens (tertiary/aromatic N) is 2. The lowest BCUT2D eigenvalue weighted by Crippen LogP contribution is -2.37. The molecule has 0 bridgehead atoms. The van der Waals surface area contributed by atoms with Gasteiger partial charge < -0.3 is 9.64 Å². The monoisotopic (exact) mass is 306 g/mol. The zero-order valence-corrected chi connectivity index (χ0v) is 12.8. The van der Waals surface area contributed by atoms with Crippen molar-refractivity contribution in [2.24, 2.45) is 0 Å². The van der Waals surface area contributed by atoms with Gasteiger partial charge in [0.1, 0.15) is 0 Å². The molecule has 0 N–H and O–H groups in total. The van der Waals surface area contributed by atoms with Gasteiger partial charge in [0, 0.05) is 39.5 Å². The maximum absolute atomic E-state index is 12.2. The highest BCUT2D eigenvalue weighted by molar-refractivity contribution is 7.89. The Kier molecular flexibility index (Phi) is 6.41. The molecule has 0 saturated carbocycles. The molecule has 0 radical (unpaired) electrons. The number of hydrogen-bond donors (Lipinski definition) is 0. The summed E-state index contributed by atoms with van der Waals surface area (Å²) < 4.78 is 30.2. The Morgan fingerprint density at radius 1 is 1.15 bits per heavy atom. The minimum absolute atomic E-state index is 0.0325. The van der Waals surface area contributed by atoms with Crippen molar-refractivity contribution < 1.29 is 22.7 Å². The number of carbonyl (C=O) groups is 2. The van der Waals surface area contributed by atoms with Gasteiger partial charge in [-0.25, -0.2) is 12.7 Å². The fraction of sp³-hybridized carbons (Fsp3) is 0.833. The van der Waals surface area contributed by atoms with Crippen LogP contribution in [0.5, 0.6) is 0 Å². The Bertz CT molecular complexity index is 449. The van der Waals surface area contributed by atoms with Crippen LogP contribution in [0.3, 0.4) is 0 Å². The SMILES string of the molecule is COC(=O)CCCS(=O)(=O)N1CCCN(C(C)=O)CC1. The molecular weight excluding hydrogens is 284 g/mol. The van der Waals surface area contributed by atoms with E-state index in [2.05, 4.69) is 4.74 Å². The van der Waals surface area contributed by atoms with Crippen LogP contribution >= 0.6 is 0 Å². The van der Waals surface area contributed by atoms with Crippen LogP contribution in [0, 0.1) is 0 Å². The van der Waals surface area contributed by atoms with E-state index < -0.39 is 16.0 Å². The van der Waals surface area contributed by atoms with Crippen LogP contribution < -0.4 is 0 Å². The zero-order valence-electron chi connectivity index (χ0n) is 12.0. The molecule has 7 nitrogen and oxygen atoms in total. The van der Waals surface area contributed by atoms with Gasteiger partial charge in [0.05, 0.1) is 12.9 Å². The van der Waals surface area contributed by atoms with Crippen molar-refractivity contribution in [3.63, 3.8) is 0 Å². The van der Waals surface area contributed by atoms with Crippen molar-refractivity contribution in [3.8, 4) is 0 Å². The number of amides is 1. The maximum atomic E-state index is 12.2. The minimum atomic E-state index is -3.37. The predicted molar refractivity (Wildman–Crippen MR) is 73.5 cm³/mol. The van der Waals surface area contributed by atoms with Gasteiger partial charge in [-0.1, -0.05) is 0 Å². The molecule has 0 spiro atoms. The zero-order chi connectivity index (χ0) is 15.2. The lowest BCUT2D eigenvalue weighted by atomic mass is 10.3. The third-order valence-electron chi connectivity index (χ3n) is 3.30. The van der Waals surface area contributed by atoms with Crippen LogP contribution in [-0.4, -0.2) is 68.5 Å². The molecule has 1 rings (SSSR count). The molecule has 8 heteroatoms. The Labute approximate surface area is 119 Å². The summed E-state index contributed by atoms with van der Waals surface area (Å²) in [5.41, 5.74) is 0. The second-order valence-electron chi connectivity index (χ2n) is 4.75. The highest BCUT2D eigenvalue weighted by Gasteiger charge is 2.25. The molecule has 1 fully saturated rings. The first-order valence-corrected chi connectivity index (χ1v) is 8.28. The van der Waals surface area contributed by atoms with E-state index in [1.807, 2.05) is 0 Å². The fourth-order valence-electron chi connectivity index (χ4n) is 2.12. The van der Waals surface area contributed by atoms with Crippen LogP contribution in [0.1, 0.15) is 26.2 Å². The fourth-order valence-corrected chi connectivity index (χ4v) is 3.65. The summed E-state index contributed by atoms with van der Waals surface area (Å²) in [7, 11) is -2.09. The van der Waals surface area contributed by atoms with Crippen LogP contribution in [-0.2, 0) is 24.3 Å². The van der Waals surface area contributed by atoms with Gasteiger partial charge in [0.25, 0.3) is 0 Å². The van der Waals surface area contributed by atoms with E-state index in [9.17, 15) is 18.0 Å². The van der Waals surface area contributed by atoms with Crippen molar-refractivity contribution in [1.29, 1.82) is 0 Å². The molecule has 0 atom stereocenters. The standard InChI is InChI=1S/C12H22N2O5S/c1-11(15)13-6-4-7-14(9-8-13)20(17,18)10-3-5-12(16)19-2/h3-10H2,1-2H3. The molecule has 1 aliphatic heterocycles. The molecule has 0 aromatic heterocycles. The lowest BCUT2D eigenvalue weighted by Gasteiger charge is -2.20. The average molecular weight is 306 g/mol. The number of rotatable bonds is 5. The summed E-state index contributed by atoms with van der Waals surface area (Å²) in [4.78, 5) is 23.9. The molecule has 116 valence electrons. The second kappa shape index (κ2) is 7.58. The number of hydrogen-bond acceptors (Lipinski definition) is 5. The van der Waals surface area contributed by atoms with Crippen LogP contribution in [0.25, 0.3) is 0 Å². The Morgan fingerprint density at radius 3 is 2.45 bits per heavy atom. The first kappa shape index (κ1) is 16.9. The lowest BCUT2D eigenvalue weighted by molar-refractivity contribution is -0.140. The van der Waals surface area contributed by atoms with E-state index in [0.29, 0.717) is 32.6 Å². The summed E-state index contributed by atoms with van der Waals surface area (Å²) in [6, 6.07) is 0. The van der Waals surface area contributed by atoms with Crippen LogP contribution in [0.4, 0.5) is 0 Å². The number of esters is 1. The normalized spacial score (nSPS) is 17.6. The van der Waals surface area contributed by atoms with E-state index in [1.54, 1.807) is 4.90 Å². The summed E-state index contributed by atoms with van der Waals surface area (Å²) in [5.74, 6) is -0.504. The van der Waals surface area contributed by atoms with Crippen LogP contribution in [0.2, 0.25) is 0 Å². The van der Waals surface area contributed by atoms with Gasteiger partial charge in [-0.15, -0.1) is 0 Å². The molecule has 1 heterocycles. The van der Waals surface area contributed by atoms with Crippen molar-refractivity contribution in [1.82, 2.24) is 9.21 Å². The summed E-state index contributed by atoms with van der Waals surface area (Å²) in [6.45, 7) is 3.24. The average Bonchev–Trinajstić information content (AvgIpc) is 2.64. The van der Waals surface area contributed by atoms with E-state index >= 15 is 0 Å². The predicted octanol–water partition coefficient (Wildman–Crippen LogP) is -0.176. The van der Waals surface area contributed by atoms with E-state index in [1.165, 1.54) is 18.3 Å². The molecular formula is C12H22N2O5S. The molecule has 0 aliphatic carbocycles. The van der Waals surface area contributed by atoms with E-state index in [4.69, 9.17) is 0 Å². The van der Waals surface area contributed by atoms with Crippen molar-refractivity contribution in [2.45, 2.75) is 26.2 Å². The molecule has 1 saturated heterocycles. The second-order valence-corrected chi connectivity index (χ2v) is 6.84. The summed E-state index contributed by atoms with van der Waals surface area (Å²) in [6.07, 6.45) is 0.987. The third kappa shape index (κ3) is 5.09.